The first-order valence-corrected chi connectivity index (χ1v) is 9.50. The number of para-hydroxylation sites is 1. The van der Waals surface area contributed by atoms with Crippen molar-refractivity contribution in [1.82, 2.24) is 15.1 Å². The minimum Gasteiger partial charge on any atom is -0.490 e. The molecule has 0 atom stereocenters. The van der Waals surface area contributed by atoms with Gasteiger partial charge < -0.3 is 19.9 Å². The van der Waals surface area contributed by atoms with E-state index in [1.165, 1.54) is 11.1 Å². The number of rotatable bonds is 3. The highest BCUT2D eigenvalue weighted by Gasteiger charge is 2.26. The van der Waals surface area contributed by atoms with Gasteiger partial charge >= 0.3 is 6.03 Å². The van der Waals surface area contributed by atoms with E-state index in [9.17, 15) is 4.79 Å². The second-order valence-electron chi connectivity index (χ2n) is 7.55. The van der Waals surface area contributed by atoms with Gasteiger partial charge in [-0.1, -0.05) is 18.2 Å². The van der Waals surface area contributed by atoms with Crippen LogP contribution in [0.15, 0.2) is 18.2 Å². The van der Waals surface area contributed by atoms with Crippen LogP contribution in [0.3, 0.4) is 0 Å². The molecule has 138 valence electrons. The first kappa shape index (κ1) is 18.1. The summed E-state index contributed by atoms with van der Waals surface area (Å²) >= 11 is 0. The smallest absolute Gasteiger partial charge is 0.317 e. The maximum Gasteiger partial charge on any atom is 0.317 e. The zero-order chi connectivity index (χ0) is 17.8. The quantitative estimate of drug-likeness (QED) is 0.916. The van der Waals surface area contributed by atoms with Gasteiger partial charge in [0.25, 0.3) is 0 Å². The molecule has 0 unspecified atom stereocenters. The predicted octanol–water partition coefficient (Wildman–Crippen LogP) is 2.95. The fraction of sp³-hybridized carbons (Fsp3) is 0.650. The number of carbonyl (C=O) groups excluding carboxylic acids is 1. The second-order valence-corrected chi connectivity index (χ2v) is 7.55. The summed E-state index contributed by atoms with van der Waals surface area (Å²) in [5.41, 5.74) is 2.37. The number of hydrogen-bond donors (Lipinski definition) is 1. The van der Waals surface area contributed by atoms with Crippen LogP contribution in [0, 0.1) is 13.8 Å². The van der Waals surface area contributed by atoms with Crippen molar-refractivity contribution in [1.29, 1.82) is 0 Å². The summed E-state index contributed by atoms with van der Waals surface area (Å²) in [4.78, 5) is 16.7. The van der Waals surface area contributed by atoms with E-state index in [-0.39, 0.29) is 12.1 Å². The zero-order valence-corrected chi connectivity index (χ0v) is 15.8. The van der Waals surface area contributed by atoms with Crippen LogP contribution in [-0.2, 0) is 0 Å². The molecule has 0 aliphatic carbocycles. The number of nitrogens with one attached hydrogen (secondary N) is 1. The lowest BCUT2D eigenvalue weighted by molar-refractivity contribution is 0.107. The van der Waals surface area contributed by atoms with Crippen molar-refractivity contribution in [2.24, 2.45) is 0 Å². The van der Waals surface area contributed by atoms with Crippen LogP contribution in [-0.4, -0.2) is 61.2 Å². The topological polar surface area (TPSA) is 44.8 Å². The zero-order valence-electron chi connectivity index (χ0n) is 15.8. The molecule has 1 aromatic rings. The number of urea groups is 1. The lowest BCUT2D eigenvalue weighted by Crippen LogP contribution is -2.51. The Labute approximate surface area is 151 Å². The summed E-state index contributed by atoms with van der Waals surface area (Å²) < 4.78 is 6.24. The maximum atomic E-state index is 12.5. The molecule has 0 radical (unpaired) electrons. The molecule has 2 saturated heterocycles. The highest BCUT2D eigenvalue weighted by atomic mass is 16.5. The third kappa shape index (κ3) is 4.66. The van der Waals surface area contributed by atoms with Crippen molar-refractivity contribution in [3.8, 4) is 5.75 Å². The van der Waals surface area contributed by atoms with Gasteiger partial charge in [-0.2, -0.15) is 0 Å². The third-order valence-corrected chi connectivity index (χ3v) is 5.47. The molecule has 1 N–H and O–H groups in total. The van der Waals surface area contributed by atoms with Crippen molar-refractivity contribution >= 4 is 6.03 Å². The Morgan fingerprint density at radius 3 is 2.24 bits per heavy atom. The highest BCUT2D eigenvalue weighted by molar-refractivity contribution is 5.74. The number of piperidine rings is 2. The van der Waals surface area contributed by atoms with Crippen molar-refractivity contribution in [2.75, 3.05) is 33.2 Å². The van der Waals surface area contributed by atoms with E-state index < -0.39 is 0 Å². The first-order chi connectivity index (χ1) is 12.0. The van der Waals surface area contributed by atoms with Crippen LogP contribution in [0.1, 0.15) is 36.8 Å². The molecule has 0 saturated carbocycles. The van der Waals surface area contributed by atoms with Gasteiger partial charge in [-0.05, 0) is 58.0 Å². The summed E-state index contributed by atoms with van der Waals surface area (Å²) in [6.45, 7) is 7.86. The molecule has 5 heteroatoms. The SMILES string of the molecule is Cc1cccc(C)c1OC1CCN(C(=O)NC2CCN(C)CC2)CC1. The number of hydrogen-bond acceptors (Lipinski definition) is 3. The van der Waals surface area contributed by atoms with E-state index in [1.54, 1.807) is 0 Å². The molecule has 2 aliphatic heterocycles. The number of ether oxygens (including phenoxy) is 1. The van der Waals surface area contributed by atoms with Gasteiger partial charge in [-0.15, -0.1) is 0 Å². The summed E-state index contributed by atoms with van der Waals surface area (Å²) in [5.74, 6) is 1.01. The van der Waals surface area contributed by atoms with Crippen LogP contribution < -0.4 is 10.1 Å². The van der Waals surface area contributed by atoms with Crippen LogP contribution in [0.25, 0.3) is 0 Å². The summed E-state index contributed by atoms with van der Waals surface area (Å²) in [6.07, 6.45) is 4.10. The molecule has 2 heterocycles. The molecule has 0 spiro atoms. The minimum atomic E-state index is 0.0973. The van der Waals surface area contributed by atoms with Gasteiger partial charge in [-0.25, -0.2) is 4.79 Å². The Morgan fingerprint density at radius 2 is 1.64 bits per heavy atom. The number of carbonyl (C=O) groups is 1. The molecule has 3 rings (SSSR count). The molecular weight excluding hydrogens is 314 g/mol. The van der Waals surface area contributed by atoms with Crippen LogP contribution in [0.4, 0.5) is 4.79 Å². The van der Waals surface area contributed by atoms with E-state index >= 15 is 0 Å². The largest absolute Gasteiger partial charge is 0.490 e. The highest BCUT2D eigenvalue weighted by Crippen LogP contribution is 2.26. The average molecular weight is 345 g/mol. The van der Waals surface area contributed by atoms with Crippen molar-refractivity contribution in [3.05, 3.63) is 29.3 Å². The van der Waals surface area contributed by atoms with E-state index in [0.29, 0.717) is 6.04 Å². The molecule has 1 aromatic carbocycles. The summed E-state index contributed by atoms with van der Waals surface area (Å²) in [5, 5.41) is 3.21. The minimum absolute atomic E-state index is 0.0973. The molecule has 0 bridgehead atoms. The standard InChI is InChI=1S/C20H31N3O2/c1-15-5-4-6-16(2)19(15)25-18-9-13-23(14-10-18)20(24)21-17-7-11-22(3)12-8-17/h4-6,17-18H,7-14H2,1-3H3,(H,21,24). The molecule has 25 heavy (non-hydrogen) atoms. The lowest BCUT2D eigenvalue weighted by atomic mass is 10.1. The van der Waals surface area contributed by atoms with Crippen LogP contribution in [0.5, 0.6) is 5.75 Å². The van der Waals surface area contributed by atoms with E-state index in [1.807, 2.05) is 4.90 Å². The monoisotopic (exact) mass is 345 g/mol. The summed E-state index contributed by atoms with van der Waals surface area (Å²) in [7, 11) is 2.14. The number of benzene rings is 1. The normalized spacial score (nSPS) is 20.5. The molecule has 2 fully saturated rings. The fourth-order valence-electron chi connectivity index (χ4n) is 3.75. The Morgan fingerprint density at radius 1 is 1.04 bits per heavy atom. The van der Waals surface area contributed by atoms with Gasteiger partial charge in [0.15, 0.2) is 0 Å². The molecule has 2 amide bonds. The molecular formula is C20H31N3O2. The predicted molar refractivity (Wildman–Crippen MR) is 100 cm³/mol. The summed E-state index contributed by atoms with van der Waals surface area (Å²) in [6, 6.07) is 6.67. The van der Waals surface area contributed by atoms with Gasteiger partial charge in [0, 0.05) is 32.0 Å². The molecule has 0 aromatic heterocycles. The Balaban J connectivity index is 1.46. The molecule has 5 nitrogen and oxygen atoms in total. The van der Waals surface area contributed by atoms with Crippen LogP contribution in [0.2, 0.25) is 0 Å². The van der Waals surface area contributed by atoms with Crippen molar-refractivity contribution in [3.63, 3.8) is 0 Å². The lowest BCUT2D eigenvalue weighted by Gasteiger charge is -2.35. The number of likely N-dealkylation sites (tertiary alicyclic amines) is 2. The van der Waals surface area contributed by atoms with Gasteiger partial charge in [0.1, 0.15) is 11.9 Å². The van der Waals surface area contributed by atoms with E-state index in [0.717, 1.165) is 57.6 Å². The number of nitrogens with zero attached hydrogens (tertiary/aromatic N) is 2. The van der Waals surface area contributed by atoms with Gasteiger partial charge in [0.05, 0.1) is 0 Å². The first-order valence-electron chi connectivity index (χ1n) is 9.50. The average Bonchev–Trinajstić information content (AvgIpc) is 2.61. The molecule has 2 aliphatic rings. The third-order valence-electron chi connectivity index (χ3n) is 5.47. The van der Waals surface area contributed by atoms with E-state index in [4.69, 9.17) is 4.74 Å². The van der Waals surface area contributed by atoms with Crippen LogP contribution >= 0.6 is 0 Å². The number of amides is 2. The van der Waals surface area contributed by atoms with Gasteiger partial charge in [-0.3, -0.25) is 0 Å². The van der Waals surface area contributed by atoms with E-state index in [2.05, 4.69) is 49.3 Å². The van der Waals surface area contributed by atoms with Crippen molar-refractivity contribution < 1.29 is 9.53 Å². The Bertz CT molecular complexity index is 568. The van der Waals surface area contributed by atoms with Gasteiger partial charge in [0.2, 0.25) is 0 Å². The Kier molecular flexibility index (Phi) is 5.84. The Hall–Kier alpha value is -1.75. The van der Waals surface area contributed by atoms with Crippen molar-refractivity contribution in [2.45, 2.75) is 51.7 Å². The maximum absolute atomic E-state index is 12.5. The second kappa shape index (κ2) is 8.09. The fourth-order valence-corrected chi connectivity index (χ4v) is 3.75. The number of aryl methyl sites for hydroxylation is 2.